The van der Waals surface area contributed by atoms with Gasteiger partial charge in [0.1, 0.15) is 16.4 Å². The van der Waals surface area contributed by atoms with Gasteiger partial charge in [0.25, 0.3) is 0 Å². The molecule has 0 heterocycles. The Morgan fingerprint density at radius 1 is 1.03 bits per heavy atom. The van der Waals surface area contributed by atoms with Crippen LogP contribution in [0.2, 0.25) is 0 Å². The molecule has 0 radical (unpaired) electrons. The number of benzene rings is 2. The van der Waals surface area contributed by atoms with Crippen molar-refractivity contribution < 1.29 is 44.0 Å². The first-order chi connectivity index (χ1) is 15.8. The number of sulfonamides is 1. The molecule has 0 amide bonds. The average molecular weight is 527 g/mol. The minimum absolute atomic E-state index is 0.0919. The van der Waals surface area contributed by atoms with E-state index in [9.17, 15) is 38.8 Å². The summed E-state index contributed by atoms with van der Waals surface area (Å²) in [5.74, 6) is -2.27. The van der Waals surface area contributed by atoms with Gasteiger partial charge in [-0.1, -0.05) is 30.1 Å². The molecule has 2 unspecified atom stereocenters. The largest absolute Gasteiger partial charge is 0.511 e. The van der Waals surface area contributed by atoms with E-state index in [2.05, 4.69) is 5.16 Å². The topological polar surface area (TPSA) is 113 Å². The maximum Gasteiger partial charge on any atom is 0.511 e. The highest BCUT2D eigenvalue weighted by molar-refractivity contribution is 7.92. The highest BCUT2D eigenvalue weighted by Crippen LogP contribution is 2.48. The van der Waals surface area contributed by atoms with Crippen LogP contribution in [-0.2, 0) is 24.6 Å². The molecule has 1 fully saturated rings. The van der Waals surface area contributed by atoms with Crippen LogP contribution in [0, 0.1) is 11.6 Å². The third-order valence-corrected chi connectivity index (χ3v) is 9.48. The minimum atomic E-state index is -6.03. The first-order valence-electron chi connectivity index (χ1n) is 9.82. The predicted octanol–water partition coefficient (Wildman–Crippen LogP) is 3.82. The van der Waals surface area contributed by atoms with E-state index in [1.165, 1.54) is 16.9 Å². The molecule has 0 aliphatic heterocycles. The summed E-state index contributed by atoms with van der Waals surface area (Å²) in [6.45, 7) is 0. The molecule has 1 saturated carbocycles. The highest BCUT2D eigenvalue weighted by atomic mass is 32.2. The van der Waals surface area contributed by atoms with Crippen LogP contribution in [0.15, 0.2) is 52.5 Å². The van der Waals surface area contributed by atoms with Gasteiger partial charge in [-0.05, 0) is 48.7 Å². The minimum Gasteiger partial charge on any atom is -0.411 e. The molecule has 0 aromatic heterocycles. The molecule has 2 aromatic carbocycles. The lowest BCUT2D eigenvalue weighted by molar-refractivity contribution is -0.0453. The van der Waals surface area contributed by atoms with E-state index < -0.39 is 64.7 Å². The maximum atomic E-state index is 15.0. The second-order valence-electron chi connectivity index (χ2n) is 7.70. The molecular formula is C20H19F5N2O5S2. The SMILES string of the molecule is O=S(=O)(NC1CCCCC1(c1cc(F)ccc1F)S(=O)(=O)c1ccc(C=NO)cc1)C(F)(F)F. The van der Waals surface area contributed by atoms with Crippen molar-refractivity contribution in [2.45, 2.75) is 46.9 Å². The summed E-state index contributed by atoms with van der Waals surface area (Å²) < 4.78 is 119. The Labute approximate surface area is 192 Å². The summed E-state index contributed by atoms with van der Waals surface area (Å²) in [4.78, 5) is -0.468. The zero-order valence-electron chi connectivity index (χ0n) is 17.3. The summed E-state index contributed by atoms with van der Waals surface area (Å²) in [6.07, 6.45) is 0.374. The Balaban J connectivity index is 2.30. The molecule has 2 N–H and O–H groups in total. The monoisotopic (exact) mass is 526 g/mol. The van der Waals surface area contributed by atoms with Crippen LogP contribution in [-0.4, -0.2) is 39.8 Å². The van der Waals surface area contributed by atoms with Gasteiger partial charge < -0.3 is 5.21 Å². The fourth-order valence-corrected chi connectivity index (χ4v) is 7.40. The second kappa shape index (κ2) is 9.23. The Bertz CT molecular complexity index is 1300. The van der Waals surface area contributed by atoms with Crippen LogP contribution >= 0.6 is 0 Å². The Morgan fingerprint density at radius 3 is 2.26 bits per heavy atom. The molecule has 34 heavy (non-hydrogen) atoms. The number of alkyl halides is 3. The van der Waals surface area contributed by atoms with Crippen molar-refractivity contribution in [3.63, 3.8) is 0 Å². The second-order valence-corrected chi connectivity index (χ2v) is 11.6. The van der Waals surface area contributed by atoms with Crippen molar-refractivity contribution in [2.75, 3.05) is 0 Å². The molecule has 2 aromatic rings. The predicted molar refractivity (Wildman–Crippen MR) is 111 cm³/mol. The van der Waals surface area contributed by atoms with E-state index in [-0.39, 0.29) is 24.8 Å². The van der Waals surface area contributed by atoms with E-state index in [4.69, 9.17) is 5.21 Å². The van der Waals surface area contributed by atoms with Gasteiger partial charge in [0.15, 0.2) is 9.84 Å². The zero-order chi connectivity index (χ0) is 25.4. The van der Waals surface area contributed by atoms with Crippen LogP contribution in [0.25, 0.3) is 0 Å². The Kier molecular flexibility index (Phi) is 7.06. The van der Waals surface area contributed by atoms with E-state index >= 15 is 0 Å². The fraction of sp³-hybridized carbons (Fsp3) is 0.350. The first-order valence-corrected chi connectivity index (χ1v) is 12.8. The number of halogens is 5. The lowest BCUT2D eigenvalue weighted by Gasteiger charge is -2.44. The molecule has 0 spiro atoms. The summed E-state index contributed by atoms with van der Waals surface area (Å²) >= 11 is 0. The molecule has 3 rings (SSSR count). The molecule has 1 aliphatic carbocycles. The van der Waals surface area contributed by atoms with Crippen LogP contribution in [0.3, 0.4) is 0 Å². The first kappa shape index (κ1) is 26.0. The number of nitrogens with zero attached hydrogens (tertiary/aromatic N) is 1. The molecule has 7 nitrogen and oxygen atoms in total. The highest BCUT2D eigenvalue weighted by Gasteiger charge is 2.58. The third-order valence-electron chi connectivity index (χ3n) is 5.72. The number of sulfone groups is 1. The number of oxime groups is 1. The molecular weight excluding hydrogens is 507 g/mol. The fourth-order valence-electron chi connectivity index (χ4n) is 4.17. The zero-order valence-corrected chi connectivity index (χ0v) is 18.9. The van der Waals surface area contributed by atoms with Crippen molar-refractivity contribution in [3.8, 4) is 0 Å². The quantitative estimate of drug-likeness (QED) is 0.257. The Hall–Kier alpha value is -2.58. The smallest absolute Gasteiger partial charge is 0.411 e. The van der Waals surface area contributed by atoms with Crippen LogP contribution in [0.1, 0.15) is 36.8 Å². The van der Waals surface area contributed by atoms with Gasteiger partial charge >= 0.3 is 15.5 Å². The normalized spacial score (nSPS) is 22.2. The van der Waals surface area contributed by atoms with Gasteiger partial charge in [0, 0.05) is 11.6 Å². The summed E-state index contributed by atoms with van der Waals surface area (Å²) in [5.41, 5.74) is -6.26. The van der Waals surface area contributed by atoms with Gasteiger partial charge in [-0.3, -0.25) is 0 Å². The van der Waals surface area contributed by atoms with Gasteiger partial charge in [0.2, 0.25) is 0 Å². The maximum absolute atomic E-state index is 15.0. The number of nitrogens with one attached hydrogen (secondary N) is 1. The van der Waals surface area contributed by atoms with E-state index in [0.29, 0.717) is 18.2 Å². The molecule has 1 aliphatic rings. The number of rotatable bonds is 6. The molecule has 0 bridgehead atoms. The number of hydrogen-bond donors (Lipinski definition) is 2. The van der Waals surface area contributed by atoms with Crippen molar-refractivity contribution >= 4 is 26.1 Å². The summed E-state index contributed by atoms with van der Waals surface area (Å²) in [5, 5.41) is 11.4. The molecule has 186 valence electrons. The van der Waals surface area contributed by atoms with Crippen LogP contribution < -0.4 is 4.72 Å². The lowest BCUT2D eigenvalue weighted by Crippen LogP contribution is -2.58. The molecule has 14 heteroatoms. The third kappa shape index (κ3) is 4.53. The standard InChI is InChI=1S/C20H19F5N2O5S2/c21-14-6-9-17(22)16(11-14)19(33(29,30)15-7-4-13(5-8-15)12-26-28)10-2-1-3-18(19)27-34(31,32)20(23,24)25/h4-9,11-12,18,27-28H,1-3,10H2. The van der Waals surface area contributed by atoms with Gasteiger partial charge in [-0.25, -0.2) is 30.3 Å². The lowest BCUT2D eigenvalue weighted by atomic mass is 9.79. The molecule has 2 atom stereocenters. The summed E-state index contributed by atoms with van der Waals surface area (Å²) in [6, 6.07) is 4.49. The van der Waals surface area contributed by atoms with Crippen molar-refractivity contribution in [1.29, 1.82) is 0 Å². The van der Waals surface area contributed by atoms with Crippen molar-refractivity contribution in [1.82, 2.24) is 4.72 Å². The van der Waals surface area contributed by atoms with E-state index in [1.54, 1.807) is 0 Å². The van der Waals surface area contributed by atoms with Gasteiger partial charge in [0.05, 0.1) is 11.1 Å². The van der Waals surface area contributed by atoms with Crippen LogP contribution in [0.5, 0.6) is 0 Å². The van der Waals surface area contributed by atoms with Gasteiger partial charge in [-0.15, -0.1) is 0 Å². The van der Waals surface area contributed by atoms with E-state index in [1.807, 2.05) is 0 Å². The number of hydrogen-bond acceptors (Lipinski definition) is 6. The average Bonchev–Trinajstić information content (AvgIpc) is 2.75. The summed E-state index contributed by atoms with van der Waals surface area (Å²) in [7, 11) is -10.9. The van der Waals surface area contributed by atoms with E-state index in [0.717, 1.165) is 18.3 Å². The van der Waals surface area contributed by atoms with Gasteiger partial charge in [-0.2, -0.15) is 13.2 Å². The van der Waals surface area contributed by atoms with Crippen molar-refractivity contribution in [2.24, 2.45) is 5.16 Å². The van der Waals surface area contributed by atoms with Crippen molar-refractivity contribution in [3.05, 3.63) is 65.2 Å². The Morgan fingerprint density at radius 2 is 1.68 bits per heavy atom. The molecule has 0 saturated heterocycles. The van der Waals surface area contributed by atoms with Crippen LogP contribution in [0.4, 0.5) is 22.0 Å².